The van der Waals surface area contributed by atoms with Crippen molar-refractivity contribution in [2.45, 2.75) is 18.0 Å². The van der Waals surface area contributed by atoms with E-state index in [1.54, 1.807) is 0 Å². The molecule has 0 aromatic heterocycles. The minimum Gasteiger partial charge on any atom is -0.504 e. The number of phenols is 2. The Morgan fingerprint density at radius 3 is 1.81 bits per heavy atom. The number of alkyl halides is 6. The number of rotatable bonds is 4. The second-order valence-corrected chi connectivity index (χ2v) is 8.63. The van der Waals surface area contributed by atoms with Crippen LogP contribution in [0.3, 0.4) is 0 Å². The van der Waals surface area contributed by atoms with Crippen molar-refractivity contribution in [3.8, 4) is 11.5 Å². The van der Waals surface area contributed by atoms with Gasteiger partial charge in [-0.25, -0.2) is 4.79 Å². The van der Waals surface area contributed by atoms with Gasteiger partial charge in [-0.1, -0.05) is 0 Å². The Morgan fingerprint density at radius 1 is 1.00 bits per heavy atom. The second-order valence-electron chi connectivity index (χ2n) is 4.85. The quantitative estimate of drug-likeness (QED) is 0.151. The highest BCUT2D eigenvalue weighted by atomic mass is 127. The van der Waals surface area contributed by atoms with Gasteiger partial charge in [-0.2, -0.15) is 34.8 Å². The molecule has 0 heterocycles. The molecular formula is C11H6F6I2O7S. The van der Waals surface area contributed by atoms with Gasteiger partial charge in [-0.15, -0.1) is 0 Å². The summed E-state index contributed by atoms with van der Waals surface area (Å²) in [5.74, 6) is -7.89. The lowest BCUT2D eigenvalue weighted by molar-refractivity contribution is -0.356. The highest BCUT2D eigenvalue weighted by Gasteiger charge is 2.76. The number of esters is 1. The number of halogens is 8. The number of ether oxygens (including phenoxy) is 1. The second kappa shape index (κ2) is 7.58. The van der Waals surface area contributed by atoms with Crippen LogP contribution in [0.15, 0.2) is 6.07 Å². The van der Waals surface area contributed by atoms with E-state index in [9.17, 15) is 49.8 Å². The molecule has 0 spiro atoms. The average Bonchev–Trinajstić information content (AvgIpc) is 2.40. The fourth-order valence-corrected chi connectivity index (χ4v) is 4.58. The Labute approximate surface area is 173 Å². The van der Waals surface area contributed by atoms with Gasteiger partial charge >= 0.3 is 23.9 Å². The molecule has 0 saturated carbocycles. The summed E-state index contributed by atoms with van der Waals surface area (Å²) in [6, 6.07) is 0.929. The van der Waals surface area contributed by atoms with Gasteiger partial charge in [0.05, 0.1) is 3.57 Å². The first-order chi connectivity index (χ1) is 11.8. The summed E-state index contributed by atoms with van der Waals surface area (Å²) in [6.45, 7) is 0. The Balaban J connectivity index is 3.66. The first kappa shape index (κ1) is 24.3. The SMILES string of the molecule is O=C(OC(CS(=O)(=O)O)(C(F)(F)F)C(F)(F)F)c1c(I)cc(I)c(O)c1O. The van der Waals surface area contributed by atoms with E-state index in [4.69, 9.17) is 4.55 Å². The third-order valence-electron chi connectivity index (χ3n) is 2.95. The highest BCUT2D eigenvalue weighted by molar-refractivity contribution is 14.1. The summed E-state index contributed by atoms with van der Waals surface area (Å²) in [5.41, 5.74) is -6.89. The van der Waals surface area contributed by atoms with Crippen molar-refractivity contribution in [3.05, 3.63) is 18.8 Å². The molecule has 16 heteroatoms. The van der Waals surface area contributed by atoms with E-state index in [1.165, 1.54) is 45.2 Å². The Morgan fingerprint density at radius 2 is 1.44 bits per heavy atom. The first-order valence-corrected chi connectivity index (χ1v) is 9.82. The van der Waals surface area contributed by atoms with Gasteiger partial charge in [0.1, 0.15) is 11.3 Å². The molecule has 1 aromatic rings. The molecule has 3 N–H and O–H groups in total. The minimum atomic E-state index is -6.51. The van der Waals surface area contributed by atoms with Crippen molar-refractivity contribution in [3.63, 3.8) is 0 Å². The minimum absolute atomic E-state index is 0.0955. The fraction of sp³-hybridized carbons (Fsp3) is 0.364. The highest BCUT2D eigenvalue weighted by Crippen LogP contribution is 2.48. The molecule has 0 unspecified atom stereocenters. The molecule has 0 fully saturated rings. The summed E-state index contributed by atoms with van der Waals surface area (Å²) in [4.78, 5) is 12.0. The molecule has 0 atom stereocenters. The van der Waals surface area contributed by atoms with E-state index in [1.807, 2.05) is 0 Å². The van der Waals surface area contributed by atoms with Crippen molar-refractivity contribution in [2.24, 2.45) is 0 Å². The largest absolute Gasteiger partial charge is 0.504 e. The molecule has 0 amide bonds. The van der Waals surface area contributed by atoms with Crippen LogP contribution in [0.1, 0.15) is 10.4 Å². The number of benzene rings is 1. The molecular weight excluding hydrogens is 644 g/mol. The standard InChI is InChI=1S/C11H6F6I2O7S/c12-10(13,14)9(11(15,16)17,2-27(23,24)25)26-8(22)5-3(18)1-4(19)6(20)7(5)21/h1,20-21H,2H2,(H,23,24,25). The van der Waals surface area contributed by atoms with Crippen LogP contribution in [0.2, 0.25) is 0 Å². The number of carbonyl (C=O) groups is 1. The predicted octanol–water partition coefficient (Wildman–Crippen LogP) is 3.22. The predicted molar refractivity (Wildman–Crippen MR) is 91.9 cm³/mol. The summed E-state index contributed by atoms with van der Waals surface area (Å²) in [5, 5.41) is 19.2. The van der Waals surface area contributed by atoms with Crippen molar-refractivity contribution in [1.82, 2.24) is 0 Å². The smallest absolute Gasteiger partial charge is 0.438 e. The van der Waals surface area contributed by atoms with Gasteiger partial charge in [0.15, 0.2) is 11.5 Å². The summed E-state index contributed by atoms with van der Waals surface area (Å²) in [6.07, 6.45) is -13.0. The zero-order valence-electron chi connectivity index (χ0n) is 12.2. The molecule has 0 bridgehead atoms. The Kier molecular flexibility index (Phi) is 6.81. The van der Waals surface area contributed by atoms with Crippen molar-refractivity contribution < 1.29 is 59.1 Å². The van der Waals surface area contributed by atoms with Crippen LogP contribution < -0.4 is 0 Å². The van der Waals surface area contributed by atoms with Gasteiger partial charge in [0, 0.05) is 3.57 Å². The summed E-state index contributed by atoms with van der Waals surface area (Å²) < 4.78 is 112. The molecule has 27 heavy (non-hydrogen) atoms. The van der Waals surface area contributed by atoms with Crippen LogP contribution in [-0.4, -0.2) is 52.9 Å². The normalized spacial score (nSPS) is 13.5. The van der Waals surface area contributed by atoms with E-state index in [0.29, 0.717) is 0 Å². The molecule has 1 rings (SSSR count). The summed E-state index contributed by atoms with van der Waals surface area (Å²) in [7, 11) is -5.94. The zero-order chi connectivity index (χ0) is 21.6. The fourth-order valence-electron chi connectivity index (χ4n) is 1.73. The molecule has 0 aliphatic rings. The maximum atomic E-state index is 13.1. The van der Waals surface area contributed by atoms with Gasteiger partial charge in [-0.3, -0.25) is 4.55 Å². The van der Waals surface area contributed by atoms with E-state index < -0.39 is 60.4 Å². The zero-order valence-corrected chi connectivity index (χ0v) is 17.3. The van der Waals surface area contributed by atoms with Gasteiger partial charge in [-0.05, 0) is 51.2 Å². The lowest BCUT2D eigenvalue weighted by atomic mass is 10.0. The van der Waals surface area contributed by atoms with Crippen molar-refractivity contribution in [1.29, 1.82) is 0 Å². The monoisotopic (exact) mass is 650 g/mol. The third kappa shape index (κ3) is 5.00. The number of phenolic OH excluding ortho intramolecular Hbond substituents is 2. The van der Waals surface area contributed by atoms with Crippen molar-refractivity contribution in [2.75, 3.05) is 5.75 Å². The number of hydrogen-bond acceptors (Lipinski definition) is 6. The molecule has 0 aliphatic carbocycles. The first-order valence-electron chi connectivity index (χ1n) is 6.06. The number of aromatic hydroxyl groups is 2. The molecule has 1 aromatic carbocycles. The molecule has 0 radical (unpaired) electrons. The molecule has 0 aliphatic heterocycles. The maximum absolute atomic E-state index is 13.1. The van der Waals surface area contributed by atoms with Crippen LogP contribution in [0.5, 0.6) is 11.5 Å². The molecule has 7 nitrogen and oxygen atoms in total. The van der Waals surface area contributed by atoms with Gasteiger partial charge in [0.2, 0.25) is 0 Å². The van der Waals surface area contributed by atoms with E-state index in [0.717, 1.165) is 6.07 Å². The van der Waals surface area contributed by atoms with E-state index >= 15 is 0 Å². The van der Waals surface area contributed by atoms with Crippen LogP contribution >= 0.6 is 45.2 Å². The molecule has 0 saturated heterocycles. The van der Waals surface area contributed by atoms with E-state index in [2.05, 4.69) is 4.74 Å². The lowest BCUT2D eigenvalue weighted by Gasteiger charge is -2.35. The van der Waals surface area contributed by atoms with Crippen molar-refractivity contribution >= 4 is 61.3 Å². The Bertz CT molecular complexity index is 851. The van der Waals surface area contributed by atoms with Crippen LogP contribution in [0.4, 0.5) is 26.3 Å². The van der Waals surface area contributed by atoms with Gasteiger partial charge in [0.25, 0.3) is 10.1 Å². The molecule has 154 valence electrons. The lowest BCUT2D eigenvalue weighted by Crippen LogP contribution is -2.63. The topological polar surface area (TPSA) is 121 Å². The number of carbonyl (C=O) groups excluding carboxylic acids is 1. The van der Waals surface area contributed by atoms with E-state index in [-0.39, 0.29) is 3.57 Å². The van der Waals surface area contributed by atoms with Crippen LogP contribution in [0.25, 0.3) is 0 Å². The average molecular weight is 650 g/mol. The van der Waals surface area contributed by atoms with Gasteiger partial charge < -0.3 is 14.9 Å². The van der Waals surface area contributed by atoms with Crippen LogP contribution in [-0.2, 0) is 14.9 Å². The Hall–Kier alpha value is -0.760. The van der Waals surface area contributed by atoms with Crippen LogP contribution in [0, 0.1) is 7.14 Å². The number of hydrogen-bond donors (Lipinski definition) is 3. The third-order valence-corrected chi connectivity index (χ3v) is 5.40. The maximum Gasteiger partial charge on any atom is 0.438 e. The summed E-state index contributed by atoms with van der Waals surface area (Å²) >= 11 is 2.71.